The third-order valence-corrected chi connectivity index (χ3v) is 7.77. The summed E-state index contributed by atoms with van der Waals surface area (Å²) in [6.45, 7) is 9.81. The van der Waals surface area contributed by atoms with Crippen LogP contribution in [0.1, 0.15) is 56.8 Å². The normalized spacial score (nSPS) is 27.9. The van der Waals surface area contributed by atoms with Gasteiger partial charge in [-0.3, -0.25) is 19.8 Å². The second-order valence-corrected chi connectivity index (χ2v) is 10.8. The second-order valence-electron chi connectivity index (χ2n) is 10.8. The zero-order valence-corrected chi connectivity index (χ0v) is 25.8. The minimum absolute atomic E-state index is 0.471. The van der Waals surface area contributed by atoms with Crippen molar-refractivity contribution < 1.29 is 28.5 Å². The standard InChI is InChI=1S/C13H20N2O.C12H18N2O.C6H8O4.BH2/c1-3-16-10-12-6-8-15(2)13(12)11-5-4-7-14-9-11;1-14-7-5-11(9-15-2)12(14)10-4-3-6-13-8-10;1-3-5(7)10-4(2)6(8)9-3;/h4-5,7,9,12-13H,3,6,8,10H2,1-2H3;3-4,6,8,11-12H,5,7,9H2,1-2H3;3-4H,1-2H3;1H2/t12-,13?;11-,12?;;/m00../s1/i;;;1TD. The quantitative estimate of drug-likeness (QED) is 0.356. The van der Waals surface area contributed by atoms with Crippen molar-refractivity contribution >= 4 is 20.3 Å². The third kappa shape index (κ3) is 9.86. The van der Waals surface area contributed by atoms with Crippen LogP contribution in [0.5, 0.6) is 0 Å². The molecule has 0 spiro atoms. The number of hydrogen-bond acceptors (Lipinski definition) is 10. The minimum Gasteiger partial charge on any atom is -0.448 e. The van der Waals surface area contributed by atoms with Gasteiger partial charge in [0.15, 0.2) is 12.2 Å². The molecule has 3 saturated heterocycles. The van der Waals surface area contributed by atoms with E-state index in [0.717, 1.165) is 32.9 Å². The zero-order valence-electron chi connectivity index (χ0n) is 27.8. The van der Waals surface area contributed by atoms with Crippen molar-refractivity contribution in [3.8, 4) is 0 Å². The lowest BCUT2D eigenvalue weighted by Crippen LogP contribution is -2.40. The van der Waals surface area contributed by atoms with Gasteiger partial charge >= 0.3 is 11.9 Å². The number of carbonyl (C=O) groups excluding carboxylic acids is 2. The van der Waals surface area contributed by atoms with E-state index in [1.54, 1.807) is 7.11 Å². The van der Waals surface area contributed by atoms with Gasteiger partial charge in [0.05, 0.1) is 21.6 Å². The van der Waals surface area contributed by atoms with Crippen molar-refractivity contribution in [3.05, 3.63) is 60.2 Å². The molecule has 3 aliphatic heterocycles. The molecule has 3 fully saturated rings. The first-order valence-corrected chi connectivity index (χ1v) is 14.4. The summed E-state index contributed by atoms with van der Waals surface area (Å²) < 4.78 is 31.5. The predicted octanol–water partition coefficient (Wildman–Crippen LogP) is 2.78. The first kappa shape index (κ1) is 32.1. The molecule has 0 bridgehead atoms. The van der Waals surface area contributed by atoms with E-state index >= 15 is 0 Å². The van der Waals surface area contributed by atoms with Crippen molar-refractivity contribution in [2.75, 3.05) is 54.1 Å². The Kier molecular flexibility index (Phi) is 13.7. The van der Waals surface area contributed by atoms with E-state index in [9.17, 15) is 9.59 Å². The van der Waals surface area contributed by atoms with Gasteiger partial charge in [0.25, 0.3) is 0 Å². The first-order valence-electron chi connectivity index (χ1n) is 15.6. The Bertz CT molecular complexity index is 1070. The molecule has 2 aromatic rings. The summed E-state index contributed by atoms with van der Waals surface area (Å²) >= 11 is 0. The van der Waals surface area contributed by atoms with Gasteiger partial charge < -0.3 is 18.9 Å². The highest BCUT2D eigenvalue weighted by Gasteiger charge is 2.34. The Balaban J connectivity index is 0.000000225. The van der Waals surface area contributed by atoms with Gasteiger partial charge in [0.1, 0.15) is 0 Å². The van der Waals surface area contributed by atoms with Crippen LogP contribution in [0.4, 0.5) is 0 Å². The molecule has 0 N–H and O–H groups in total. The molecule has 0 aliphatic carbocycles. The lowest BCUT2D eigenvalue weighted by Gasteiger charge is -2.25. The summed E-state index contributed by atoms with van der Waals surface area (Å²) in [7, 11) is 6.63. The van der Waals surface area contributed by atoms with Crippen LogP contribution in [-0.2, 0) is 28.5 Å². The monoisotopic (exact) mass is 586 g/mol. The summed E-state index contributed by atoms with van der Waals surface area (Å²) in [5, 5.41) is 0. The van der Waals surface area contributed by atoms with Gasteiger partial charge in [0.2, 0.25) is 0 Å². The summed E-state index contributed by atoms with van der Waals surface area (Å²) in [5.74, 6) is 0.248. The maximum Gasteiger partial charge on any atom is 0.347 e. The van der Waals surface area contributed by atoms with E-state index in [-0.39, 0.29) is 0 Å². The number of hydrogen-bond donors (Lipinski definition) is 0. The fourth-order valence-electron chi connectivity index (χ4n) is 5.68. The number of esters is 2. The molecule has 6 atom stereocenters. The molecular weight excluding hydrogens is 535 g/mol. The summed E-state index contributed by atoms with van der Waals surface area (Å²) in [6.07, 6.45) is 8.53. The average Bonchev–Trinajstić information content (AvgIpc) is 3.58. The van der Waals surface area contributed by atoms with Gasteiger partial charge in [-0.2, -0.15) is 0 Å². The number of methoxy groups -OCH3 is 1. The molecule has 10 nitrogen and oxygen atoms in total. The highest BCUT2D eigenvalue weighted by Crippen LogP contribution is 2.36. The maximum absolute atomic E-state index is 10.7. The molecule has 0 saturated carbocycles. The second kappa shape index (κ2) is 18.0. The third-order valence-electron chi connectivity index (χ3n) is 7.77. The smallest absolute Gasteiger partial charge is 0.347 e. The van der Waals surface area contributed by atoms with Crippen molar-refractivity contribution in [2.24, 2.45) is 11.8 Å². The van der Waals surface area contributed by atoms with Gasteiger partial charge in [-0.15, -0.1) is 0 Å². The van der Waals surface area contributed by atoms with Crippen molar-refractivity contribution in [2.45, 2.75) is 57.9 Å². The Hall–Kier alpha value is -2.86. The maximum atomic E-state index is 10.7. The lowest BCUT2D eigenvalue weighted by atomic mass is 9.96. The minimum atomic E-state index is -0.747. The van der Waals surface area contributed by atoms with E-state index in [1.165, 1.54) is 37.8 Å². The largest absolute Gasteiger partial charge is 0.448 e. The van der Waals surface area contributed by atoms with Crippen LogP contribution in [0.2, 0.25) is 0 Å². The molecule has 4 unspecified atom stereocenters. The van der Waals surface area contributed by atoms with Crippen molar-refractivity contribution in [3.63, 3.8) is 0 Å². The Morgan fingerprint density at radius 3 is 1.79 bits per heavy atom. The molecular formula is C31H48BN4O6. The number of carbonyl (C=O) groups is 2. The highest BCUT2D eigenvalue weighted by atomic mass is 16.6. The Morgan fingerprint density at radius 2 is 1.40 bits per heavy atom. The molecule has 5 rings (SSSR count). The van der Waals surface area contributed by atoms with Crippen LogP contribution in [-0.4, -0.2) is 109 Å². The van der Waals surface area contributed by atoms with Crippen LogP contribution < -0.4 is 0 Å². The van der Waals surface area contributed by atoms with Gasteiger partial charge in [-0.1, -0.05) is 12.1 Å². The first-order chi connectivity index (χ1) is 21.2. The number of pyridine rings is 2. The Labute approximate surface area is 255 Å². The molecule has 5 heterocycles. The van der Waals surface area contributed by atoms with E-state index in [2.05, 4.69) is 62.4 Å². The molecule has 0 amide bonds. The molecule has 0 aromatic carbocycles. The summed E-state index contributed by atoms with van der Waals surface area (Å²) in [5.41, 5.74) is 2.62. The number of nitrogens with zero attached hydrogens (tertiary/aromatic N) is 4. The van der Waals surface area contributed by atoms with Crippen molar-refractivity contribution in [1.82, 2.24) is 19.8 Å². The van der Waals surface area contributed by atoms with Gasteiger partial charge in [0, 0.05) is 62.4 Å². The number of aromatic nitrogens is 2. The van der Waals surface area contributed by atoms with Crippen LogP contribution in [0.15, 0.2) is 49.1 Å². The van der Waals surface area contributed by atoms with Crippen molar-refractivity contribution in [1.29, 1.82) is 2.67 Å². The van der Waals surface area contributed by atoms with Crippen LogP contribution >= 0.6 is 0 Å². The Morgan fingerprint density at radius 1 is 0.952 bits per heavy atom. The molecule has 231 valence electrons. The van der Waals surface area contributed by atoms with E-state index in [4.69, 9.17) is 12.1 Å². The fourth-order valence-corrected chi connectivity index (χ4v) is 5.68. The van der Waals surface area contributed by atoms with Crippen LogP contribution in [0, 0.1) is 11.8 Å². The fraction of sp³-hybridized carbons (Fsp3) is 0.613. The SMILES string of the molecule is CC1OC(=O)C(C)OC1=O.CCOC[C@@H]1CCN(C)C1c1cccnc1.COC[C@@H]1CCN(C)C1c1cccnc1.[2H][B][3H]. The number of cyclic esters (lactones) is 2. The zero-order chi connectivity index (χ0) is 32.5. The van der Waals surface area contributed by atoms with E-state index < -0.39 is 24.1 Å². The topological polar surface area (TPSA) is 103 Å². The van der Waals surface area contributed by atoms with E-state index in [0.29, 0.717) is 32.3 Å². The van der Waals surface area contributed by atoms with Crippen LogP contribution in [0.25, 0.3) is 0 Å². The molecule has 11 heteroatoms. The number of rotatable bonds is 7. The summed E-state index contributed by atoms with van der Waals surface area (Å²) in [6, 6.07) is 9.28. The molecule has 2 aromatic heterocycles. The lowest BCUT2D eigenvalue weighted by molar-refractivity contribution is -0.191. The van der Waals surface area contributed by atoms with Gasteiger partial charge in [-0.05, 0) is 86.7 Å². The number of ether oxygens (including phenoxy) is 4. The predicted molar refractivity (Wildman–Crippen MR) is 163 cm³/mol. The highest BCUT2D eigenvalue weighted by molar-refractivity contribution is 5.86. The molecule has 42 heavy (non-hydrogen) atoms. The molecule has 3 aliphatic rings. The molecule has 1 radical (unpaired) electrons. The average molecular weight is 587 g/mol. The van der Waals surface area contributed by atoms with E-state index in [1.807, 2.05) is 36.9 Å². The summed E-state index contributed by atoms with van der Waals surface area (Å²) in [4.78, 5) is 34.5. The van der Waals surface area contributed by atoms with Gasteiger partial charge in [-0.25, -0.2) is 9.59 Å². The number of likely N-dealkylation sites (tertiary alicyclic amines) is 2. The van der Waals surface area contributed by atoms with Crippen LogP contribution in [0.3, 0.4) is 0 Å².